The Kier molecular flexibility index (Phi) is 3.76. The largest absolute Gasteiger partial charge is 0.370 e. The standard InChI is InChI=1S/C10H14NO2P/c1-8(14-13)10(12,11-2)9-6-4-3-5-7-9/h3-8,11-12H,1-2H3. The summed E-state index contributed by atoms with van der Waals surface area (Å²) in [5.74, 6) is 0. The quantitative estimate of drug-likeness (QED) is 0.589. The van der Waals surface area contributed by atoms with Gasteiger partial charge in [-0.15, -0.1) is 0 Å². The lowest BCUT2D eigenvalue weighted by Crippen LogP contribution is -2.46. The molecule has 1 aromatic carbocycles. The first-order valence-corrected chi connectivity index (χ1v) is 5.32. The van der Waals surface area contributed by atoms with E-state index >= 15 is 0 Å². The molecule has 0 radical (unpaired) electrons. The van der Waals surface area contributed by atoms with E-state index in [2.05, 4.69) is 5.32 Å². The third-order valence-electron chi connectivity index (χ3n) is 2.36. The smallest absolute Gasteiger partial charge is 0.163 e. The lowest BCUT2D eigenvalue weighted by Gasteiger charge is -2.30. The SMILES string of the molecule is CNC(O)(c1ccccc1)C(C)P=O. The van der Waals surface area contributed by atoms with Crippen LogP contribution in [0.5, 0.6) is 0 Å². The highest BCUT2D eigenvalue weighted by molar-refractivity contribution is 7.24. The van der Waals surface area contributed by atoms with Gasteiger partial charge in [-0.1, -0.05) is 30.3 Å². The predicted octanol–water partition coefficient (Wildman–Crippen LogP) is 1.73. The molecule has 0 fully saturated rings. The van der Waals surface area contributed by atoms with Crippen molar-refractivity contribution in [1.29, 1.82) is 0 Å². The van der Waals surface area contributed by atoms with Crippen LogP contribution in [0, 0.1) is 0 Å². The Bertz CT molecular complexity index is 304. The van der Waals surface area contributed by atoms with E-state index in [1.165, 1.54) is 0 Å². The highest BCUT2D eigenvalue weighted by Crippen LogP contribution is 2.28. The van der Waals surface area contributed by atoms with Crippen LogP contribution in [0.4, 0.5) is 0 Å². The molecule has 1 aromatic rings. The Labute approximate surface area is 85.4 Å². The molecule has 2 N–H and O–H groups in total. The summed E-state index contributed by atoms with van der Waals surface area (Å²) in [5, 5.41) is 13.0. The summed E-state index contributed by atoms with van der Waals surface area (Å²) in [6.07, 6.45) is 0. The normalized spacial score (nSPS) is 17.6. The van der Waals surface area contributed by atoms with Gasteiger partial charge < -0.3 is 5.11 Å². The Balaban J connectivity index is 3.07. The maximum Gasteiger partial charge on any atom is 0.163 e. The van der Waals surface area contributed by atoms with Gasteiger partial charge in [0.05, 0.1) is 5.66 Å². The first-order chi connectivity index (χ1) is 6.65. The number of benzene rings is 1. The lowest BCUT2D eigenvalue weighted by atomic mass is 10.00. The molecule has 0 aliphatic rings. The first-order valence-electron chi connectivity index (χ1n) is 4.44. The molecular formula is C10H14NO2P. The minimum absolute atomic E-state index is 0.0793. The van der Waals surface area contributed by atoms with Crippen molar-refractivity contribution < 1.29 is 9.67 Å². The van der Waals surface area contributed by atoms with Gasteiger partial charge in [-0.3, -0.25) is 9.88 Å². The Hall–Kier alpha value is -0.760. The zero-order valence-electron chi connectivity index (χ0n) is 8.27. The number of aliphatic hydroxyl groups is 1. The molecule has 0 saturated heterocycles. The van der Waals surface area contributed by atoms with Crippen LogP contribution in [0.3, 0.4) is 0 Å². The summed E-state index contributed by atoms with van der Waals surface area (Å²) >= 11 is 0. The Morgan fingerprint density at radius 1 is 1.43 bits per heavy atom. The highest BCUT2D eigenvalue weighted by Gasteiger charge is 2.34. The molecule has 76 valence electrons. The van der Waals surface area contributed by atoms with Crippen molar-refractivity contribution in [2.45, 2.75) is 18.3 Å². The number of hydrogen-bond donors (Lipinski definition) is 2. The van der Waals surface area contributed by atoms with E-state index in [1.54, 1.807) is 26.1 Å². The third kappa shape index (κ3) is 2.01. The fourth-order valence-electron chi connectivity index (χ4n) is 1.36. The number of hydrogen-bond acceptors (Lipinski definition) is 3. The molecule has 0 aromatic heterocycles. The van der Waals surface area contributed by atoms with Crippen LogP contribution >= 0.6 is 8.46 Å². The molecule has 4 heteroatoms. The summed E-state index contributed by atoms with van der Waals surface area (Å²) < 4.78 is 10.8. The fourth-order valence-corrected chi connectivity index (χ4v) is 1.79. The maximum absolute atomic E-state index is 10.8. The molecule has 0 bridgehead atoms. The Morgan fingerprint density at radius 2 is 2.00 bits per heavy atom. The van der Waals surface area contributed by atoms with Gasteiger partial charge in [0.25, 0.3) is 0 Å². The van der Waals surface area contributed by atoms with Gasteiger partial charge >= 0.3 is 0 Å². The minimum atomic E-state index is -1.23. The molecule has 2 unspecified atom stereocenters. The van der Waals surface area contributed by atoms with Gasteiger partial charge in [-0.05, 0) is 19.5 Å². The van der Waals surface area contributed by atoms with Gasteiger partial charge in [0.1, 0.15) is 0 Å². The topological polar surface area (TPSA) is 49.3 Å². The van der Waals surface area contributed by atoms with Crippen LogP contribution in [0.25, 0.3) is 0 Å². The van der Waals surface area contributed by atoms with E-state index < -0.39 is 11.4 Å². The summed E-state index contributed by atoms with van der Waals surface area (Å²) in [4.78, 5) is 0. The van der Waals surface area contributed by atoms with Gasteiger partial charge in [0.2, 0.25) is 0 Å². The van der Waals surface area contributed by atoms with E-state index in [-0.39, 0.29) is 8.46 Å². The monoisotopic (exact) mass is 211 g/mol. The number of rotatable bonds is 4. The lowest BCUT2D eigenvalue weighted by molar-refractivity contribution is 0.00866. The second-order valence-electron chi connectivity index (χ2n) is 3.16. The van der Waals surface area contributed by atoms with E-state index in [0.717, 1.165) is 5.56 Å². The molecule has 14 heavy (non-hydrogen) atoms. The van der Waals surface area contributed by atoms with Crippen molar-refractivity contribution in [3.63, 3.8) is 0 Å². The van der Waals surface area contributed by atoms with Gasteiger partial charge in [-0.25, -0.2) is 0 Å². The molecule has 0 aliphatic carbocycles. The van der Waals surface area contributed by atoms with Crippen LogP contribution < -0.4 is 5.32 Å². The van der Waals surface area contributed by atoms with Crippen molar-refractivity contribution in [3.05, 3.63) is 35.9 Å². The molecule has 0 aliphatic heterocycles. The molecule has 1 rings (SSSR count). The molecule has 0 spiro atoms. The zero-order chi connectivity index (χ0) is 10.6. The molecule has 0 amide bonds. The second-order valence-corrected chi connectivity index (χ2v) is 4.15. The molecular weight excluding hydrogens is 197 g/mol. The van der Waals surface area contributed by atoms with Gasteiger partial charge in [0.15, 0.2) is 14.2 Å². The highest BCUT2D eigenvalue weighted by atomic mass is 31.1. The predicted molar refractivity (Wildman–Crippen MR) is 56.5 cm³/mol. The second kappa shape index (κ2) is 4.65. The summed E-state index contributed by atoms with van der Waals surface area (Å²) in [6.45, 7) is 1.72. The van der Waals surface area contributed by atoms with Crippen molar-refractivity contribution in [2.24, 2.45) is 0 Å². The van der Waals surface area contributed by atoms with E-state index in [9.17, 15) is 9.67 Å². The van der Waals surface area contributed by atoms with Crippen molar-refractivity contribution in [1.82, 2.24) is 5.32 Å². The third-order valence-corrected chi connectivity index (χ3v) is 3.05. The van der Waals surface area contributed by atoms with Crippen molar-refractivity contribution in [2.75, 3.05) is 7.05 Å². The summed E-state index contributed by atoms with van der Waals surface area (Å²) in [6, 6.07) is 9.16. The van der Waals surface area contributed by atoms with Crippen LogP contribution in [-0.4, -0.2) is 17.8 Å². The average molecular weight is 211 g/mol. The average Bonchev–Trinajstić information content (AvgIpc) is 2.28. The van der Waals surface area contributed by atoms with Gasteiger partial charge in [-0.2, -0.15) is 0 Å². The van der Waals surface area contributed by atoms with Crippen LogP contribution in [0.15, 0.2) is 30.3 Å². The van der Waals surface area contributed by atoms with E-state index in [0.29, 0.717) is 0 Å². The van der Waals surface area contributed by atoms with Crippen LogP contribution in [0.2, 0.25) is 0 Å². The molecule has 0 heterocycles. The summed E-state index contributed by atoms with van der Waals surface area (Å²) in [5.41, 5.74) is -0.904. The first kappa shape index (κ1) is 11.3. The van der Waals surface area contributed by atoms with Gasteiger partial charge in [0, 0.05) is 0 Å². The minimum Gasteiger partial charge on any atom is -0.370 e. The van der Waals surface area contributed by atoms with Crippen LogP contribution in [0.1, 0.15) is 12.5 Å². The van der Waals surface area contributed by atoms with Crippen LogP contribution in [-0.2, 0) is 10.3 Å². The van der Waals surface area contributed by atoms with E-state index in [1.807, 2.05) is 18.2 Å². The summed E-state index contributed by atoms with van der Waals surface area (Å²) in [7, 11) is 1.57. The van der Waals surface area contributed by atoms with Crippen molar-refractivity contribution >= 4 is 8.46 Å². The molecule has 2 atom stereocenters. The maximum atomic E-state index is 10.8. The molecule has 0 saturated carbocycles. The van der Waals surface area contributed by atoms with E-state index in [4.69, 9.17) is 0 Å². The number of nitrogens with one attached hydrogen (secondary N) is 1. The molecule has 3 nitrogen and oxygen atoms in total. The zero-order valence-corrected chi connectivity index (χ0v) is 9.16. The fraction of sp³-hybridized carbons (Fsp3) is 0.400. The van der Waals surface area contributed by atoms with Crippen molar-refractivity contribution in [3.8, 4) is 0 Å². The Morgan fingerprint density at radius 3 is 2.43 bits per heavy atom.